The largest absolute Gasteiger partial charge is 0.497 e. The van der Waals surface area contributed by atoms with Crippen molar-refractivity contribution >= 4 is 12.0 Å². The Morgan fingerprint density at radius 3 is 2.74 bits per heavy atom. The van der Waals surface area contributed by atoms with Gasteiger partial charge in [0, 0.05) is 11.8 Å². The van der Waals surface area contributed by atoms with E-state index in [2.05, 4.69) is 20.9 Å². The number of rotatable bonds is 8. The number of methoxy groups -OCH3 is 1. The number of urea groups is 1. The normalized spacial score (nSPS) is 15.4. The van der Waals surface area contributed by atoms with Crippen LogP contribution in [0.4, 0.5) is 4.79 Å². The lowest BCUT2D eigenvalue weighted by atomic mass is 9.95. The molecule has 176 valence electrons. The predicted molar refractivity (Wildman–Crippen MR) is 122 cm³/mol. The zero-order chi connectivity index (χ0) is 24.1. The molecule has 0 spiro atoms. The van der Waals surface area contributed by atoms with Crippen LogP contribution >= 0.6 is 0 Å². The van der Waals surface area contributed by atoms with Gasteiger partial charge in [-0.2, -0.15) is 0 Å². The number of aromatic nitrogens is 3. The van der Waals surface area contributed by atoms with Gasteiger partial charge in [-0.25, -0.2) is 14.3 Å². The molecule has 1 unspecified atom stereocenters. The Balaban J connectivity index is 1.50. The SMILES string of the molecule is CCOC(=O)C1=C(C)NC(=O)NC1c1cccc(OCc2cn(-c3cccc(OC)c3)nn2)c1. The third-order valence-electron chi connectivity index (χ3n) is 5.20. The average molecular weight is 463 g/mol. The van der Waals surface area contributed by atoms with Gasteiger partial charge in [0.15, 0.2) is 0 Å². The molecule has 2 amide bonds. The van der Waals surface area contributed by atoms with Crippen molar-refractivity contribution in [2.75, 3.05) is 13.7 Å². The van der Waals surface area contributed by atoms with E-state index in [1.54, 1.807) is 50.0 Å². The van der Waals surface area contributed by atoms with E-state index in [4.69, 9.17) is 14.2 Å². The molecule has 10 heteroatoms. The first-order chi connectivity index (χ1) is 16.5. The van der Waals surface area contributed by atoms with Gasteiger partial charge in [-0.05, 0) is 43.7 Å². The molecule has 1 atom stereocenters. The summed E-state index contributed by atoms with van der Waals surface area (Å²) in [6.07, 6.45) is 1.77. The fraction of sp³-hybridized carbons (Fsp3) is 0.250. The van der Waals surface area contributed by atoms with Crippen molar-refractivity contribution in [3.05, 3.63) is 77.3 Å². The highest BCUT2D eigenvalue weighted by molar-refractivity contribution is 5.95. The first-order valence-corrected chi connectivity index (χ1v) is 10.7. The van der Waals surface area contributed by atoms with Crippen LogP contribution in [0.2, 0.25) is 0 Å². The number of ether oxygens (including phenoxy) is 3. The second-order valence-electron chi connectivity index (χ2n) is 7.51. The van der Waals surface area contributed by atoms with Crippen LogP contribution in [0, 0.1) is 0 Å². The van der Waals surface area contributed by atoms with Crippen LogP contribution in [0.15, 0.2) is 66.0 Å². The van der Waals surface area contributed by atoms with Gasteiger partial charge in [0.05, 0.1) is 37.2 Å². The average Bonchev–Trinajstić information content (AvgIpc) is 3.32. The van der Waals surface area contributed by atoms with Crippen LogP contribution in [0.25, 0.3) is 5.69 Å². The molecule has 0 fully saturated rings. The molecular formula is C24H25N5O5. The number of carbonyl (C=O) groups is 2. The van der Waals surface area contributed by atoms with Crippen molar-refractivity contribution in [1.29, 1.82) is 0 Å². The molecule has 0 saturated carbocycles. The molecular weight excluding hydrogens is 438 g/mol. The van der Waals surface area contributed by atoms with Gasteiger partial charge in [0.2, 0.25) is 0 Å². The summed E-state index contributed by atoms with van der Waals surface area (Å²) in [5.41, 5.74) is 2.93. The number of hydrogen-bond acceptors (Lipinski definition) is 7. The van der Waals surface area contributed by atoms with Crippen LogP contribution in [-0.4, -0.2) is 40.7 Å². The topological polar surface area (TPSA) is 117 Å². The number of benzene rings is 2. The van der Waals surface area contributed by atoms with Gasteiger partial charge in [-0.15, -0.1) is 5.10 Å². The third-order valence-corrected chi connectivity index (χ3v) is 5.20. The lowest BCUT2D eigenvalue weighted by Gasteiger charge is -2.28. The molecule has 0 bridgehead atoms. The summed E-state index contributed by atoms with van der Waals surface area (Å²) in [5.74, 6) is 0.791. The molecule has 34 heavy (non-hydrogen) atoms. The molecule has 0 saturated heterocycles. The summed E-state index contributed by atoms with van der Waals surface area (Å²) in [6, 6.07) is 13.6. The Morgan fingerprint density at radius 1 is 1.15 bits per heavy atom. The quantitative estimate of drug-likeness (QED) is 0.493. The van der Waals surface area contributed by atoms with Crippen molar-refractivity contribution < 1.29 is 23.8 Å². The van der Waals surface area contributed by atoms with E-state index < -0.39 is 18.0 Å². The molecule has 0 radical (unpaired) electrons. The maximum absolute atomic E-state index is 12.5. The van der Waals surface area contributed by atoms with Gasteiger partial charge in [-0.1, -0.05) is 23.4 Å². The number of nitrogens with one attached hydrogen (secondary N) is 2. The van der Waals surface area contributed by atoms with Crippen molar-refractivity contribution in [3.8, 4) is 17.2 Å². The fourth-order valence-electron chi connectivity index (χ4n) is 3.61. The maximum atomic E-state index is 12.5. The standard InChI is InChI=1S/C24H25N5O5/c1-4-33-23(30)21-15(2)25-24(31)26-22(21)16-7-5-10-20(11-16)34-14-17-13-29(28-27-17)18-8-6-9-19(12-18)32-3/h5-13,22H,4,14H2,1-3H3,(H2,25,26,31). The van der Waals surface area contributed by atoms with Gasteiger partial charge in [-0.3, -0.25) is 0 Å². The Bertz CT molecular complexity index is 1240. The number of carbonyl (C=O) groups excluding carboxylic acids is 2. The fourth-order valence-corrected chi connectivity index (χ4v) is 3.61. The molecule has 10 nitrogen and oxygen atoms in total. The second kappa shape index (κ2) is 10.1. The summed E-state index contributed by atoms with van der Waals surface area (Å²) in [4.78, 5) is 24.6. The molecule has 0 aliphatic carbocycles. The molecule has 1 aromatic heterocycles. The van der Waals surface area contributed by atoms with E-state index >= 15 is 0 Å². The van der Waals surface area contributed by atoms with Gasteiger partial charge in [0.25, 0.3) is 0 Å². The number of allylic oxidation sites excluding steroid dienone is 1. The summed E-state index contributed by atoms with van der Waals surface area (Å²) < 4.78 is 18.0. The maximum Gasteiger partial charge on any atom is 0.338 e. The lowest BCUT2D eigenvalue weighted by Crippen LogP contribution is -2.45. The molecule has 4 rings (SSSR count). The predicted octanol–water partition coefficient (Wildman–Crippen LogP) is 3.05. The van der Waals surface area contributed by atoms with Gasteiger partial charge in [0.1, 0.15) is 23.8 Å². The summed E-state index contributed by atoms with van der Waals surface area (Å²) in [6.45, 7) is 3.82. The van der Waals surface area contributed by atoms with E-state index in [1.807, 2.05) is 30.3 Å². The Morgan fingerprint density at radius 2 is 1.94 bits per heavy atom. The summed E-state index contributed by atoms with van der Waals surface area (Å²) in [5, 5.41) is 13.7. The van der Waals surface area contributed by atoms with E-state index in [-0.39, 0.29) is 13.2 Å². The monoisotopic (exact) mass is 463 g/mol. The third kappa shape index (κ3) is 5.01. The number of hydrogen-bond donors (Lipinski definition) is 2. The van der Waals surface area contributed by atoms with Gasteiger partial charge >= 0.3 is 12.0 Å². The van der Waals surface area contributed by atoms with Crippen molar-refractivity contribution in [3.63, 3.8) is 0 Å². The molecule has 1 aliphatic heterocycles. The smallest absolute Gasteiger partial charge is 0.338 e. The minimum atomic E-state index is -0.662. The lowest BCUT2D eigenvalue weighted by molar-refractivity contribution is -0.139. The van der Waals surface area contributed by atoms with Crippen molar-refractivity contribution in [2.45, 2.75) is 26.5 Å². The Hall–Kier alpha value is -4.34. The van der Waals surface area contributed by atoms with Crippen LogP contribution in [0.5, 0.6) is 11.5 Å². The zero-order valence-corrected chi connectivity index (χ0v) is 19.1. The van der Waals surface area contributed by atoms with Crippen molar-refractivity contribution in [1.82, 2.24) is 25.6 Å². The van der Waals surface area contributed by atoms with E-state index in [0.717, 1.165) is 11.4 Å². The van der Waals surface area contributed by atoms with Crippen LogP contribution < -0.4 is 20.1 Å². The first-order valence-electron chi connectivity index (χ1n) is 10.7. The zero-order valence-electron chi connectivity index (χ0n) is 19.1. The van der Waals surface area contributed by atoms with E-state index in [1.165, 1.54) is 0 Å². The van der Waals surface area contributed by atoms with E-state index in [9.17, 15) is 9.59 Å². The second-order valence-corrected chi connectivity index (χ2v) is 7.51. The number of nitrogens with zero attached hydrogens (tertiary/aromatic N) is 3. The number of esters is 1. The van der Waals surface area contributed by atoms with E-state index in [0.29, 0.717) is 28.3 Å². The minimum absolute atomic E-state index is 0.186. The molecule has 1 aliphatic rings. The van der Waals surface area contributed by atoms with Crippen LogP contribution in [0.3, 0.4) is 0 Å². The molecule has 3 aromatic rings. The highest BCUT2D eigenvalue weighted by Crippen LogP contribution is 2.30. The number of amides is 2. The summed E-state index contributed by atoms with van der Waals surface area (Å²) in [7, 11) is 1.61. The van der Waals surface area contributed by atoms with Crippen LogP contribution in [-0.2, 0) is 16.1 Å². The summed E-state index contributed by atoms with van der Waals surface area (Å²) >= 11 is 0. The Kier molecular flexibility index (Phi) is 6.77. The molecule has 2 N–H and O–H groups in total. The molecule has 2 aromatic carbocycles. The van der Waals surface area contributed by atoms with Crippen LogP contribution in [0.1, 0.15) is 31.1 Å². The van der Waals surface area contributed by atoms with Gasteiger partial charge < -0.3 is 24.8 Å². The highest BCUT2D eigenvalue weighted by atomic mass is 16.5. The Labute approximate surface area is 196 Å². The highest BCUT2D eigenvalue weighted by Gasteiger charge is 2.32. The first kappa shape index (κ1) is 22.8. The minimum Gasteiger partial charge on any atom is -0.497 e. The molecule has 2 heterocycles. The van der Waals surface area contributed by atoms with Crippen molar-refractivity contribution in [2.24, 2.45) is 0 Å².